The molecule has 0 aliphatic rings. The molecule has 0 saturated heterocycles. The Balaban J connectivity index is 1.99. The van der Waals surface area contributed by atoms with E-state index >= 15 is 0 Å². The van der Waals surface area contributed by atoms with Crippen molar-refractivity contribution in [2.75, 3.05) is 0 Å². The summed E-state index contributed by atoms with van der Waals surface area (Å²) in [6, 6.07) is 8.26. The molecule has 0 spiro atoms. The highest BCUT2D eigenvalue weighted by molar-refractivity contribution is 7.15. The Hall–Kier alpha value is -1.49. The molecule has 0 amide bonds. The number of benzene rings is 1. The van der Waals surface area contributed by atoms with Gasteiger partial charge in [0.1, 0.15) is 5.01 Å². The summed E-state index contributed by atoms with van der Waals surface area (Å²) in [7, 11) is 0. The molecule has 0 aliphatic heterocycles. The van der Waals surface area contributed by atoms with Crippen molar-refractivity contribution in [1.82, 2.24) is 15.3 Å². The van der Waals surface area contributed by atoms with Crippen LogP contribution in [0.2, 0.25) is 5.02 Å². The predicted octanol–water partition coefficient (Wildman–Crippen LogP) is 4.51. The van der Waals surface area contributed by atoms with Gasteiger partial charge < -0.3 is 5.32 Å². The van der Waals surface area contributed by atoms with Crippen LogP contribution in [0.15, 0.2) is 36.7 Å². The minimum absolute atomic E-state index is 0.466. The molecular weight excluding hydrogens is 302 g/mol. The van der Waals surface area contributed by atoms with Crippen molar-refractivity contribution in [2.45, 2.75) is 26.4 Å². The van der Waals surface area contributed by atoms with E-state index in [1.165, 1.54) is 4.88 Å². The average molecular weight is 318 g/mol. The Labute approximate surface area is 133 Å². The van der Waals surface area contributed by atoms with Gasteiger partial charge >= 0.3 is 0 Å². The van der Waals surface area contributed by atoms with Crippen LogP contribution in [0.1, 0.15) is 18.7 Å². The largest absolute Gasteiger partial charge is 0.310 e. The zero-order valence-corrected chi connectivity index (χ0v) is 13.5. The molecule has 21 heavy (non-hydrogen) atoms. The molecule has 3 aromatic rings. The van der Waals surface area contributed by atoms with Crippen LogP contribution >= 0.6 is 22.9 Å². The molecule has 0 atom stereocenters. The number of aromatic nitrogens is 2. The van der Waals surface area contributed by atoms with Crippen LogP contribution in [0.3, 0.4) is 0 Å². The molecule has 3 nitrogen and oxygen atoms in total. The second-order valence-corrected chi connectivity index (χ2v) is 6.68. The molecule has 0 fully saturated rings. The zero-order chi connectivity index (χ0) is 14.8. The molecule has 0 radical (unpaired) electrons. The lowest BCUT2D eigenvalue weighted by atomic mass is 10.1. The quantitative estimate of drug-likeness (QED) is 0.769. The fourth-order valence-electron chi connectivity index (χ4n) is 2.13. The lowest BCUT2D eigenvalue weighted by Gasteiger charge is -2.05. The van der Waals surface area contributed by atoms with E-state index in [2.05, 4.69) is 29.1 Å². The first-order valence-electron chi connectivity index (χ1n) is 6.87. The van der Waals surface area contributed by atoms with E-state index in [-0.39, 0.29) is 0 Å². The first kappa shape index (κ1) is 14.4. The van der Waals surface area contributed by atoms with Crippen LogP contribution in [-0.4, -0.2) is 16.0 Å². The monoisotopic (exact) mass is 317 g/mol. The molecule has 1 N–H and O–H groups in total. The molecule has 2 aromatic heterocycles. The summed E-state index contributed by atoms with van der Waals surface area (Å²) in [6.45, 7) is 5.12. The Morgan fingerprint density at radius 2 is 2.10 bits per heavy atom. The first-order valence-corrected chi connectivity index (χ1v) is 8.06. The molecule has 0 aliphatic carbocycles. The highest BCUT2D eigenvalue weighted by Crippen LogP contribution is 2.33. The van der Waals surface area contributed by atoms with Crippen LogP contribution in [0, 0.1) is 0 Å². The van der Waals surface area contributed by atoms with Crippen LogP contribution in [0.25, 0.3) is 21.5 Å². The van der Waals surface area contributed by atoms with E-state index < -0.39 is 0 Å². The van der Waals surface area contributed by atoms with Crippen LogP contribution in [0.5, 0.6) is 0 Å². The summed E-state index contributed by atoms with van der Waals surface area (Å²) >= 11 is 7.93. The lowest BCUT2D eigenvalue weighted by Crippen LogP contribution is -2.21. The zero-order valence-electron chi connectivity index (χ0n) is 11.9. The number of rotatable bonds is 4. The minimum atomic E-state index is 0.466. The highest BCUT2D eigenvalue weighted by atomic mass is 35.5. The fourth-order valence-corrected chi connectivity index (χ4v) is 3.23. The Morgan fingerprint density at radius 3 is 2.90 bits per heavy atom. The first-order chi connectivity index (χ1) is 10.1. The standard InChI is InChI=1S/C16H16ClN3S/c1-10(2)19-8-11-9-20-16(21-11)13-5-6-14(17)12-4-3-7-18-15(12)13/h3-7,9-10,19H,8H2,1-2H3. The van der Waals surface area contributed by atoms with E-state index in [1.807, 2.05) is 30.5 Å². The Bertz CT molecular complexity index is 767. The van der Waals surface area contributed by atoms with E-state index in [4.69, 9.17) is 11.6 Å². The van der Waals surface area contributed by atoms with Crippen molar-refractivity contribution < 1.29 is 0 Å². The van der Waals surface area contributed by atoms with E-state index in [0.29, 0.717) is 6.04 Å². The molecule has 3 rings (SSSR count). The normalized spacial score (nSPS) is 11.4. The summed E-state index contributed by atoms with van der Waals surface area (Å²) < 4.78 is 0. The smallest absolute Gasteiger partial charge is 0.125 e. The number of fused-ring (bicyclic) bond motifs is 1. The van der Waals surface area contributed by atoms with Crippen molar-refractivity contribution in [3.63, 3.8) is 0 Å². The number of nitrogens with zero attached hydrogens (tertiary/aromatic N) is 2. The Morgan fingerprint density at radius 1 is 1.24 bits per heavy atom. The van der Waals surface area contributed by atoms with Gasteiger partial charge in [0.25, 0.3) is 0 Å². The van der Waals surface area contributed by atoms with Gasteiger partial charge in [0.05, 0.1) is 10.5 Å². The molecular formula is C16H16ClN3S. The number of halogens is 1. The fraction of sp³-hybridized carbons (Fsp3) is 0.250. The Kier molecular flexibility index (Phi) is 4.19. The van der Waals surface area contributed by atoms with Crippen molar-refractivity contribution in [2.24, 2.45) is 0 Å². The third kappa shape index (κ3) is 3.07. The van der Waals surface area contributed by atoms with Gasteiger partial charge in [-0.25, -0.2) is 4.98 Å². The van der Waals surface area contributed by atoms with Gasteiger partial charge in [-0.1, -0.05) is 25.4 Å². The second-order valence-electron chi connectivity index (χ2n) is 5.16. The number of hydrogen-bond acceptors (Lipinski definition) is 4. The van der Waals surface area contributed by atoms with Gasteiger partial charge in [0.15, 0.2) is 0 Å². The topological polar surface area (TPSA) is 37.8 Å². The summed E-state index contributed by atoms with van der Waals surface area (Å²) in [5.74, 6) is 0. The van der Waals surface area contributed by atoms with E-state index in [1.54, 1.807) is 17.5 Å². The van der Waals surface area contributed by atoms with Crippen molar-refractivity contribution in [1.29, 1.82) is 0 Å². The lowest BCUT2D eigenvalue weighted by molar-refractivity contribution is 0.593. The second kappa shape index (κ2) is 6.10. The van der Waals surface area contributed by atoms with Crippen LogP contribution < -0.4 is 5.32 Å². The number of hydrogen-bond donors (Lipinski definition) is 1. The summed E-state index contributed by atoms with van der Waals surface area (Å²) in [6.07, 6.45) is 3.72. The van der Waals surface area contributed by atoms with Gasteiger partial charge in [-0.05, 0) is 24.3 Å². The summed E-state index contributed by atoms with van der Waals surface area (Å²) in [5, 5.41) is 6.08. The molecule has 0 unspecified atom stereocenters. The predicted molar refractivity (Wildman–Crippen MR) is 89.8 cm³/mol. The molecule has 2 heterocycles. The van der Waals surface area contributed by atoms with E-state index in [9.17, 15) is 0 Å². The van der Waals surface area contributed by atoms with Crippen molar-refractivity contribution >= 4 is 33.8 Å². The van der Waals surface area contributed by atoms with Gasteiger partial charge in [-0.15, -0.1) is 11.3 Å². The third-order valence-corrected chi connectivity index (χ3v) is 4.55. The average Bonchev–Trinajstić information content (AvgIpc) is 2.94. The van der Waals surface area contributed by atoms with Gasteiger partial charge in [-0.3, -0.25) is 4.98 Å². The molecule has 108 valence electrons. The maximum atomic E-state index is 6.24. The number of nitrogens with one attached hydrogen (secondary N) is 1. The maximum absolute atomic E-state index is 6.24. The molecule has 0 saturated carbocycles. The van der Waals surface area contributed by atoms with Crippen molar-refractivity contribution in [3.05, 3.63) is 46.6 Å². The summed E-state index contributed by atoms with van der Waals surface area (Å²) in [4.78, 5) is 10.2. The molecule has 0 bridgehead atoms. The van der Waals surface area contributed by atoms with Gasteiger partial charge in [0, 0.05) is 40.8 Å². The molecule has 1 aromatic carbocycles. The van der Waals surface area contributed by atoms with Gasteiger partial charge in [0.2, 0.25) is 0 Å². The van der Waals surface area contributed by atoms with Crippen LogP contribution in [0.4, 0.5) is 0 Å². The maximum Gasteiger partial charge on any atom is 0.125 e. The van der Waals surface area contributed by atoms with Gasteiger partial charge in [-0.2, -0.15) is 0 Å². The number of pyridine rings is 1. The number of thiazole rings is 1. The molecule has 5 heteroatoms. The van der Waals surface area contributed by atoms with Crippen molar-refractivity contribution in [3.8, 4) is 10.6 Å². The summed E-state index contributed by atoms with van der Waals surface area (Å²) in [5.41, 5.74) is 1.94. The minimum Gasteiger partial charge on any atom is -0.310 e. The highest BCUT2D eigenvalue weighted by Gasteiger charge is 2.11. The SMILES string of the molecule is CC(C)NCc1cnc(-c2ccc(Cl)c3cccnc23)s1. The van der Waals surface area contributed by atoms with Crippen LogP contribution in [-0.2, 0) is 6.54 Å². The van der Waals surface area contributed by atoms with E-state index in [0.717, 1.165) is 33.0 Å². The third-order valence-electron chi connectivity index (χ3n) is 3.18.